The molecule has 0 atom stereocenters. The van der Waals surface area contributed by atoms with Gasteiger partial charge >= 0.3 is 0 Å². The summed E-state index contributed by atoms with van der Waals surface area (Å²) >= 11 is 0. The van der Waals surface area contributed by atoms with E-state index in [0.29, 0.717) is 12.1 Å². The van der Waals surface area contributed by atoms with Gasteiger partial charge in [0.1, 0.15) is 17.3 Å². The molecule has 0 radical (unpaired) electrons. The quantitative estimate of drug-likeness (QED) is 0.674. The lowest BCUT2D eigenvalue weighted by Gasteiger charge is -2.08. The van der Waals surface area contributed by atoms with Crippen LogP contribution in [-0.4, -0.2) is 41.6 Å². The van der Waals surface area contributed by atoms with E-state index in [4.69, 9.17) is 0 Å². The minimum atomic E-state index is -0.614. The average Bonchev–Trinajstić information content (AvgIpc) is 2.94. The molecule has 0 spiro atoms. The molecule has 3 rings (SSSR count). The summed E-state index contributed by atoms with van der Waals surface area (Å²) in [6.45, 7) is 0.853. The summed E-state index contributed by atoms with van der Waals surface area (Å²) in [6, 6.07) is 5.21. The first kappa shape index (κ1) is 18.9. The minimum absolute atomic E-state index is 0.218. The lowest BCUT2D eigenvalue weighted by atomic mass is 10.1. The molecule has 0 saturated carbocycles. The number of nitrogens with one attached hydrogen (secondary N) is 1. The van der Waals surface area contributed by atoms with Crippen LogP contribution in [0.4, 0.5) is 8.78 Å². The molecular weight excluding hydrogens is 354 g/mol. The maximum absolute atomic E-state index is 14.1. The van der Waals surface area contributed by atoms with Crippen molar-refractivity contribution in [3.05, 3.63) is 65.1 Å². The van der Waals surface area contributed by atoms with E-state index in [9.17, 15) is 13.6 Å². The van der Waals surface area contributed by atoms with Crippen LogP contribution in [-0.2, 0) is 17.9 Å². The summed E-state index contributed by atoms with van der Waals surface area (Å²) in [5.41, 5.74) is 4.55. The molecule has 2 heterocycles. The van der Waals surface area contributed by atoms with Gasteiger partial charge < -0.3 is 9.47 Å². The Hall–Kier alpha value is -2.84. The van der Waals surface area contributed by atoms with Gasteiger partial charge in [-0.3, -0.25) is 9.63 Å². The molecule has 0 aliphatic rings. The molecule has 1 N–H and O–H groups in total. The summed E-state index contributed by atoms with van der Waals surface area (Å²) in [7, 11) is 5.21. The highest BCUT2D eigenvalue weighted by atomic mass is 19.1. The number of hydroxylamine groups is 1. The number of aromatic nitrogens is 2. The number of carbonyl (C=O) groups excluding carboxylic acids is 1. The van der Waals surface area contributed by atoms with E-state index in [2.05, 4.69) is 15.3 Å². The zero-order valence-corrected chi connectivity index (χ0v) is 15.3. The molecule has 0 aliphatic heterocycles. The highest BCUT2D eigenvalue weighted by Gasteiger charge is 2.15. The van der Waals surface area contributed by atoms with E-state index >= 15 is 0 Å². The van der Waals surface area contributed by atoms with Crippen LogP contribution in [0.25, 0.3) is 10.9 Å². The first-order valence-electron chi connectivity index (χ1n) is 8.28. The Labute approximate surface area is 155 Å². The van der Waals surface area contributed by atoms with Crippen LogP contribution < -0.4 is 5.48 Å². The smallest absolute Gasteiger partial charge is 0.293 e. The van der Waals surface area contributed by atoms with Crippen molar-refractivity contribution in [1.29, 1.82) is 0 Å². The van der Waals surface area contributed by atoms with Gasteiger partial charge in [-0.15, -0.1) is 0 Å². The fraction of sp³-hybridized carbons (Fsp3) is 0.263. The number of benzene rings is 1. The summed E-state index contributed by atoms with van der Waals surface area (Å²) in [5, 5.41) is 0.836. The number of nitrogens with zero attached hydrogens (tertiary/aromatic N) is 3. The molecule has 8 heteroatoms. The Bertz CT molecular complexity index is 985. The number of amides is 1. The van der Waals surface area contributed by atoms with Crippen LogP contribution in [0.2, 0.25) is 0 Å². The minimum Gasteiger partial charge on any atom is -0.341 e. The van der Waals surface area contributed by atoms with Gasteiger partial charge in [0.05, 0.1) is 25.4 Å². The largest absolute Gasteiger partial charge is 0.341 e. The molecule has 0 bridgehead atoms. The number of rotatable bonds is 6. The predicted octanol–water partition coefficient (Wildman–Crippen LogP) is 2.72. The summed E-state index contributed by atoms with van der Waals surface area (Å²) < 4.78 is 29.1. The van der Waals surface area contributed by atoms with E-state index in [0.717, 1.165) is 22.5 Å². The Morgan fingerprint density at radius 2 is 2.04 bits per heavy atom. The average molecular weight is 374 g/mol. The summed E-state index contributed by atoms with van der Waals surface area (Å²) in [4.78, 5) is 22.8. The van der Waals surface area contributed by atoms with Gasteiger partial charge in [-0.1, -0.05) is 6.07 Å². The van der Waals surface area contributed by atoms with Crippen molar-refractivity contribution in [3.63, 3.8) is 0 Å². The van der Waals surface area contributed by atoms with Crippen LogP contribution in [0.1, 0.15) is 21.6 Å². The van der Waals surface area contributed by atoms with Gasteiger partial charge in [0.25, 0.3) is 5.91 Å². The van der Waals surface area contributed by atoms with Crippen molar-refractivity contribution in [2.24, 2.45) is 0 Å². The van der Waals surface area contributed by atoms with Crippen LogP contribution in [0.5, 0.6) is 0 Å². The van der Waals surface area contributed by atoms with Crippen LogP contribution in [0.15, 0.2) is 36.7 Å². The van der Waals surface area contributed by atoms with Crippen molar-refractivity contribution >= 4 is 16.8 Å². The number of pyridine rings is 1. The van der Waals surface area contributed by atoms with Crippen molar-refractivity contribution in [2.45, 2.75) is 13.1 Å². The van der Waals surface area contributed by atoms with Gasteiger partial charge in [0, 0.05) is 29.8 Å². The maximum atomic E-state index is 14.1. The lowest BCUT2D eigenvalue weighted by molar-refractivity contribution is 0.0532. The standard InChI is InChI=1S/C19H20F2N4O2/c1-24(2)9-13-11-25(10-12-4-5-14(20)6-16(12)21)18-8-22-17(7-15(13)18)19(26)23-27-3/h4-8,11H,9-10H2,1-3H3,(H,23,26). The fourth-order valence-electron chi connectivity index (χ4n) is 2.96. The molecule has 142 valence electrons. The van der Waals surface area contributed by atoms with E-state index in [1.165, 1.54) is 19.2 Å². The molecule has 1 aromatic carbocycles. The summed E-state index contributed by atoms with van der Waals surface area (Å²) in [5.74, 6) is -1.67. The molecule has 0 aliphatic carbocycles. The highest BCUT2D eigenvalue weighted by molar-refractivity contribution is 5.96. The number of hydrogen-bond donors (Lipinski definition) is 1. The van der Waals surface area contributed by atoms with Crippen LogP contribution >= 0.6 is 0 Å². The predicted molar refractivity (Wildman–Crippen MR) is 97.1 cm³/mol. The first-order chi connectivity index (χ1) is 12.9. The molecule has 0 unspecified atom stereocenters. The van der Waals surface area contributed by atoms with Gasteiger partial charge in [-0.2, -0.15) is 0 Å². The van der Waals surface area contributed by atoms with Gasteiger partial charge in [0.15, 0.2) is 0 Å². The third-order valence-electron chi connectivity index (χ3n) is 4.12. The van der Waals surface area contributed by atoms with Crippen molar-refractivity contribution in [1.82, 2.24) is 19.9 Å². The van der Waals surface area contributed by atoms with E-state index < -0.39 is 17.5 Å². The summed E-state index contributed by atoms with van der Waals surface area (Å²) in [6.07, 6.45) is 3.47. The topological polar surface area (TPSA) is 59.4 Å². The SMILES string of the molecule is CONC(=O)c1cc2c(CN(C)C)cn(Cc3ccc(F)cc3F)c2cn1. The Kier molecular flexibility index (Phi) is 5.48. The first-order valence-corrected chi connectivity index (χ1v) is 8.28. The fourth-order valence-corrected chi connectivity index (χ4v) is 2.96. The second kappa shape index (κ2) is 7.81. The second-order valence-corrected chi connectivity index (χ2v) is 6.48. The Morgan fingerprint density at radius 3 is 2.70 bits per heavy atom. The monoisotopic (exact) mass is 374 g/mol. The number of hydrogen-bond acceptors (Lipinski definition) is 4. The van der Waals surface area contributed by atoms with Crippen LogP contribution in [0.3, 0.4) is 0 Å². The highest BCUT2D eigenvalue weighted by Crippen LogP contribution is 2.24. The van der Waals surface area contributed by atoms with Crippen LogP contribution in [0, 0.1) is 11.6 Å². The van der Waals surface area contributed by atoms with Crippen molar-refractivity contribution < 1.29 is 18.4 Å². The van der Waals surface area contributed by atoms with E-state index in [1.807, 2.05) is 29.8 Å². The zero-order chi connectivity index (χ0) is 19.6. The van der Waals surface area contributed by atoms with E-state index in [-0.39, 0.29) is 12.2 Å². The molecule has 0 saturated heterocycles. The second-order valence-electron chi connectivity index (χ2n) is 6.48. The van der Waals surface area contributed by atoms with Gasteiger partial charge in [-0.05, 0) is 31.8 Å². The third-order valence-corrected chi connectivity index (χ3v) is 4.12. The van der Waals surface area contributed by atoms with Gasteiger partial charge in [-0.25, -0.2) is 19.2 Å². The number of fused-ring (bicyclic) bond motifs is 1. The van der Waals surface area contributed by atoms with Crippen molar-refractivity contribution in [3.8, 4) is 0 Å². The normalized spacial score (nSPS) is 11.3. The van der Waals surface area contributed by atoms with Crippen molar-refractivity contribution in [2.75, 3.05) is 21.2 Å². The Morgan fingerprint density at radius 1 is 1.26 bits per heavy atom. The molecule has 0 fully saturated rings. The maximum Gasteiger partial charge on any atom is 0.293 e. The zero-order valence-electron chi connectivity index (χ0n) is 15.3. The number of halogens is 2. The molecule has 6 nitrogen and oxygen atoms in total. The third kappa shape index (κ3) is 4.12. The molecule has 3 aromatic rings. The lowest BCUT2D eigenvalue weighted by Crippen LogP contribution is -2.22. The molecule has 1 amide bonds. The Balaban J connectivity index is 2.05. The van der Waals surface area contributed by atoms with E-state index in [1.54, 1.807) is 12.3 Å². The molecular formula is C19H20F2N4O2. The molecule has 27 heavy (non-hydrogen) atoms. The van der Waals surface area contributed by atoms with Gasteiger partial charge in [0.2, 0.25) is 0 Å². The number of carbonyl (C=O) groups is 1. The molecule has 2 aromatic heterocycles.